The molecule has 1 aromatic carbocycles. The molecule has 1 aromatic heterocycles. The van der Waals surface area contributed by atoms with Crippen LogP contribution in [0.25, 0.3) is 0 Å². The lowest BCUT2D eigenvalue weighted by molar-refractivity contribution is 0.290. The number of nitrogens with zero attached hydrogens (tertiary/aromatic N) is 1. The van der Waals surface area contributed by atoms with Gasteiger partial charge in [-0.05, 0) is 24.6 Å². The second-order valence-corrected chi connectivity index (χ2v) is 4.49. The van der Waals surface area contributed by atoms with E-state index in [0.29, 0.717) is 25.3 Å². The molecule has 2 aromatic rings. The highest BCUT2D eigenvalue weighted by Crippen LogP contribution is 2.24. The third-order valence-electron chi connectivity index (χ3n) is 2.30. The van der Waals surface area contributed by atoms with Gasteiger partial charge in [-0.25, -0.2) is 4.39 Å². The maximum absolute atomic E-state index is 13.6. The largest absolute Gasteiger partial charge is 0.485 e. The highest BCUT2D eigenvalue weighted by Gasteiger charge is 2.09. The Labute approximate surface area is 103 Å². The molecule has 5 heteroatoms. The van der Waals surface area contributed by atoms with Crippen LogP contribution in [0.5, 0.6) is 5.75 Å². The molecule has 0 atom stereocenters. The zero-order valence-corrected chi connectivity index (χ0v) is 10.0. The number of hydrogen-bond acceptors (Lipinski definition) is 4. The molecule has 2 N–H and O–H groups in total. The maximum atomic E-state index is 13.6. The summed E-state index contributed by atoms with van der Waals surface area (Å²) >= 11 is 1.48. The molecule has 0 radical (unpaired) electrons. The van der Waals surface area contributed by atoms with Crippen LogP contribution in [0.15, 0.2) is 29.9 Å². The predicted octanol–water partition coefficient (Wildman–Crippen LogP) is 2.36. The summed E-state index contributed by atoms with van der Waals surface area (Å²) in [6.07, 6.45) is 2.32. The molecule has 1 heterocycles. The number of ether oxygens (including phenoxy) is 1. The molecular formula is C12H13FN2OS. The molecule has 0 saturated heterocycles. The van der Waals surface area contributed by atoms with Gasteiger partial charge in [0, 0.05) is 6.20 Å². The van der Waals surface area contributed by atoms with Crippen molar-refractivity contribution in [3.63, 3.8) is 0 Å². The summed E-state index contributed by atoms with van der Waals surface area (Å²) in [4.78, 5) is 4.91. The van der Waals surface area contributed by atoms with Crippen molar-refractivity contribution >= 4 is 11.3 Å². The summed E-state index contributed by atoms with van der Waals surface area (Å²) in [6.45, 7) is 0.809. The van der Waals surface area contributed by atoms with Gasteiger partial charge in [-0.3, -0.25) is 4.98 Å². The Morgan fingerprint density at radius 3 is 3.00 bits per heavy atom. The van der Waals surface area contributed by atoms with Crippen LogP contribution >= 0.6 is 11.3 Å². The van der Waals surface area contributed by atoms with E-state index in [-0.39, 0.29) is 5.82 Å². The Hall–Kier alpha value is -1.46. The van der Waals surface area contributed by atoms with E-state index in [4.69, 9.17) is 10.5 Å². The van der Waals surface area contributed by atoms with Gasteiger partial charge in [0.05, 0.1) is 10.4 Å². The van der Waals surface area contributed by atoms with Gasteiger partial charge in [0.1, 0.15) is 6.61 Å². The molecule has 0 bridgehead atoms. The Kier molecular flexibility index (Phi) is 4.06. The monoisotopic (exact) mass is 252 g/mol. The van der Waals surface area contributed by atoms with E-state index in [1.54, 1.807) is 17.8 Å². The number of rotatable bonds is 5. The van der Waals surface area contributed by atoms with Crippen molar-refractivity contribution in [1.29, 1.82) is 0 Å². The summed E-state index contributed by atoms with van der Waals surface area (Å²) in [6, 6.07) is 4.89. The average molecular weight is 252 g/mol. The number of benzene rings is 1. The Balaban J connectivity index is 2.13. The van der Waals surface area contributed by atoms with Gasteiger partial charge >= 0.3 is 0 Å². The van der Waals surface area contributed by atoms with Gasteiger partial charge in [0.25, 0.3) is 0 Å². The molecule has 17 heavy (non-hydrogen) atoms. The zero-order chi connectivity index (χ0) is 12.1. The third-order valence-corrected chi connectivity index (χ3v) is 3.06. The average Bonchev–Trinajstić information content (AvgIpc) is 2.82. The summed E-state index contributed by atoms with van der Waals surface area (Å²) in [5.41, 5.74) is 8.01. The first-order valence-electron chi connectivity index (χ1n) is 5.29. The van der Waals surface area contributed by atoms with E-state index >= 15 is 0 Å². The summed E-state index contributed by atoms with van der Waals surface area (Å²) in [7, 11) is 0. The molecular weight excluding hydrogens is 239 g/mol. The highest BCUT2D eigenvalue weighted by molar-refractivity contribution is 7.09. The van der Waals surface area contributed by atoms with Crippen molar-refractivity contribution in [1.82, 2.24) is 4.98 Å². The first-order chi connectivity index (χ1) is 8.31. The van der Waals surface area contributed by atoms with Gasteiger partial charge in [-0.1, -0.05) is 12.1 Å². The minimum absolute atomic E-state index is 0.298. The smallest absolute Gasteiger partial charge is 0.165 e. The Bertz CT molecular complexity index is 473. The predicted molar refractivity (Wildman–Crippen MR) is 65.6 cm³/mol. The van der Waals surface area contributed by atoms with E-state index in [1.165, 1.54) is 17.4 Å². The molecule has 90 valence electrons. The number of para-hydroxylation sites is 1. The molecule has 0 spiro atoms. The van der Waals surface area contributed by atoms with E-state index in [0.717, 1.165) is 10.4 Å². The lowest BCUT2D eigenvalue weighted by atomic mass is 10.1. The fourth-order valence-corrected chi connectivity index (χ4v) is 2.03. The quantitative estimate of drug-likeness (QED) is 0.888. The van der Waals surface area contributed by atoms with Crippen molar-refractivity contribution in [2.45, 2.75) is 13.0 Å². The van der Waals surface area contributed by atoms with Crippen LogP contribution < -0.4 is 10.5 Å². The standard InChI is InChI=1S/C12H13FN2OS/c13-11-3-1-2-9(4-5-14)12(11)16-7-10-6-15-8-17-10/h1-3,6,8H,4-5,7,14H2. The molecule has 0 aliphatic rings. The molecule has 0 aliphatic carbocycles. The first kappa shape index (κ1) is 12.0. The number of aromatic nitrogens is 1. The van der Waals surface area contributed by atoms with Gasteiger partial charge in [0.2, 0.25) is 0 Å². The number of halogens is 1. The van der Waals surface area contributed by atoms with Crippen LogP contribution in [0.3, 0.4) is 0 Å². The van der Waals surface area contributed by atoms with Crippen LogP contribution in [0.2, 0.25) is 0 Å². The van der Waals surface area contributed by atoms with Gasteiger partial charge in [0.15, 0.2) is 11.6 Å². The minimum Gasteiger partial charge on any atom is -0.485 e. The van der Waals surface area contributed by atoms with Gasteiger partial charge in [-0.15, -0.1) is 11.3 Å². The molecule has 0 fully saturated rings. The van der Waals surface area contributed by atoms with Crippen LogP contribution in [0, 0.1) is 5.82 Å². The highest BCUT2D eigenvalue weighted by atomic mass is 32.1. The molecule has 0 unspecified atom stereocenters. The second kappa shape index (κ2) is 5.75. The van der Waals surface area contributed by atoms with Crippen LogP contribution in [-0.4, -0.2) is 11.5 Å². The van der Waals surface area contributed by atoms with Crippen molar-refractivity contribution in [2.24, 2.45) is 5.73 Å². The molecule has 0 amide bonds. The number of hydrogen-bond donors (Lipinski definition) is 1. The molecule has 2 rings (SSSR count). The maximum Gasteiger partial charge on any atom is 0.165 e. The summed E-state index contributed by atoms with van der Waals surface area (Å²) in [5, 5.41) is 0. The molecule has 0 aliphatic heterocycles. The van der Waals surface area contributed by atoms with Crippen LogP contribution in [0.4, 0.5) is 4.39 Å². The summed E-state index contributed by atoms with van der Waals surface area (Å²) in [5.74, 6) is -0.0492. The summed E-state index contributed by atoms with van der Waals surface area (Å²) < 4.78 is 19.1. The van der Waals surface area contributed by atoms with E-state index < -0.39 is 0 Å². The second-order valence-electron chi connectivity index (χ2n) is 3.52. The fraction of sp³-hybridized carbons (Fsp3) is 0.250. The van der Waals surface area contributed by atoms with Crippen molar-refractivity contribution in [3.8, 4) is 5.75 Å². The minimum atomic E-state index is -0.347. The lowest BCUT2D eigenvalue weighted by Crippen LogP contribution is -2.06. The first-order valence-corrected chi connectivity index (χ1v) is 6.17. The lowest BCUT2D eigenvalue weighted by Gasteiger charge is -2.10. The molecule has 3 nitrogen and oxygen atoms in total. The zero-order valence-electron chi connectivity index (χ0n) is 9.23. The van der Waals surface area contributed by atoms with Crippen molar-refractivity contribution in [2.75, 3.05) is 6.54 Å². The molecule has 0 saturated carbocycles. The number of nitrogens with two attached hydrogens (primary N) is 1. The Morgan fingerprint density at radius 1 is 1.41 bits per heavy atom. The van der Waals surface area contributed by atoms with E-state index in [2.05, 4.69) is 4.98 Å². The van der Waals surface area contributed by atoms with Crippen LogP contribution in [-0.2, 0) is 13.0 Å². The normalized spacial score (nSPS) is 10.5. The van der Waals surface area contributed by atoms with Crippen molar-refractivity contribution in [3.05, 3.63) is 46.2 Å². The van der Waals surface area contributed by atoms with Crippen LogP contribution in [0.1, 0.15) is 10.4 Å². The number of thiazole rings is 1. The van der Waals surface area contributed by atoms with Gasteiger partial charge in [-0.2, -0.15) is 0 Å². The fourth-order valence-electron chi connectivity index (χ4n) is 1.52. The SMILES string of the molecule is NCCc1cccc(F)c1OCc1cncs1. The van der Waals surface area contributed by atoms with Crippen molar-refractivity contribution < 1.29 is 9.13 Å². The van der Waals surface area contributed by atoms with Gasteiger partial charge < -0.3 is 10.5 Å². The van der Waals surface area contributed by atoms with E-state index in [1.807, 2.05) is 6.07 Å². The van der Waals surface area contributed by atoms with E-state index in [9.17, 15) is 4.39 Å². The Morgan fingerprint density at radius 2 is 2.29 bits per heavy atom. The third kappa shape index (κ3) is 3.01. The topological polar surface area (TPSA) is 48.1 Å².